The lowest BCUT2D eigenvalue weighted by atomic mass is 10.0. The van der Waals surface area contributed by atoms with E-state index in [1.165, 1.54) is 0 Å². The molecule has 0 amide bonds. The molecular formula is C10H14ClN5. The maximum atomic E-state index is 5.84. The molecule has 0 saturated heterocycles. The first-order valence-corrected chi connectivity index (χ1v) is 5.54. The number of hydrogen-bond acceptors (Lipinski definition) is 4. The number of aromatic nitrogens is 4. The van der Waals surface area contributed by atoms with E-state index in [0.717, 1.165) is 17.6 Å². The molecular weight excluding hydrogens is 226 g/mol. The Kier molecular flexibility index (Phi) is 2.71. The Labute approximate surface area is 98.6 Å². The zero-order valence-corrected chi connectivity index (χ0v) is 10.3. The highest BCUT2D eigenvalue weighted by molar-refractivity contribution is 6.28. The minimum Gasteiger partial charge on any atom is -0.364 e. The molecule has 0 atom stereocenters. The van der Waals surface area contributed by atoms with E-state index in [4.69, 9.17) is 11.6 Å². The first-order valence-electron chi connectivity index (χ1n) is 5.16. The Morgan fingerprint density at radius 1 is 1.44 bits per heavy atom. The lowest BCUT2D eigenvalue weighted by Crippen LogP contribution is -2.30. The average Bonchev–Trinajstić information content (AvgIpc) is 2.65. The van der Waals surface area contributed by atoms with Gasteiger partial charge in [-0.3, -0.25) is 5.10 Å². The number of H-pyrrole nitrogens is 1. The Hall–Kier alpha value is -1.36. The van der Waals surface area contributed by atoms with Crippen molar-refractivity contribution in [2.45, 2.75) is 32.7 Å². The van der Waals surface area contributed by atoms with Crippen LogP contribution in [0.4, 0.5) is 5.82 Å². The molecule has 0 saturated carbocycles. The van der Waals surface area contributed by atoms with Crippen LogP contribution in [0.3, 0.4) is 0 Å². The summed E-state index contributed by atoms with van der Waals surface area (Å²) >= 11 is 5.84. The van der Waals surface area contributed by atoms with Crippen molar-refractivity contribution in [2.75, 3.05) is 5.32 Å². The van der Waals surface area contributed by atoms with Crippen molar-refractivity contribution in [1.29, 1.82) is 0 Å². The molecule has 2 N–H and O–H groups in total. The first-order chi connectivity index (χ1) is 7.52. The van der Waals surface area contributed by atoms with Crippen LogP contribution in [-0.2, 0) is 0 Å². The number of fused-ring (bicyclic) bond motifs is 1. The normalized spacial score (nSPS) is 12.0. The smallest absolute Gasteiger partial charge is 0.226 e. The molecule has 2 rings (SSSR count). The summed E-state index contributed by atoms with van der Waals surface area (Å²) in [5, 5.41) is 11.1. The average molecular weight is 240 g/mol. The highest BCUT2D eigenvalue weighted by Crippen LogP contribution is 2.24. The number of nitrogens with one attached hydrogen (secondary N) is 2. The fraction of sp³-hybridized carbons (Fsp3) is 0.500. The van der Waals surface area contributed by atoms with Crippen molar-refractivity contribution >= 4 is 28.5 Å². The van der Waals surface area contributed by atoms with Gasteiger partial charge in [0.2, 0.25) is 5.28 Å². The van der Waals surface area contributed by atoms with Crippen LogP contribution in [0, 0.1) is 0 Å². The molecule has 16 heavy (non-hydrogen) atoms. The molecule has 0 unspecified atom stereocenters. The predicted octanol–water partition coefficient (Wildman–Crippen LogP) is 2.61. The second-order valence-electron chi connectivity index (χ2n) is 4.34. The highest BCUT2D eigenvalue weighted by Gasteiger charge is 2.18. The largest absolute Gasteiger partial charge is 0.364 e. The molecule has 5 nitrogen and oxygen atoms in total. The SMILES string of the molecule is CCC(C)(C)Nc1nc(Cl)nc2[nH]ncc12. The predicted molar refractivity (Wildman–Crippen MR) is 64.7 cm³/mol. The van der Waals surface area contributed by atoms with E-state index in [9.17, 15) is 0 Å². The lowest BCUT2D eigenvalue weighted by Gasteiger charge is -2.25. The Bertz CT molecular complexity index is 505. The van der Waals surface area contributed by atoms with Gasteiger partial charge in [0.05, 0.1) is 11.6 Å². The van der Waals surface area contributed by atoms with Gasteiger partial charge in [-0.25, -0.2) is 0 Å². The third kappa shape index (κ3) is 2.09. The summed E-state index contributed by atoms with van der Waals surface area (Å²) in [5.74, 6) is 0.718. The number of nitrogens with zero attached hydrogens (tertiary/aromatic N) is 3. The summed E-state index contributed by atoms with van der Waals surface area (Å²) in [4.78, 5) is 8.24. The van der Waals surface area contributed by atoms with E-state index >= 15 is 0 Å². The second-order valence-corrected chi connectivity index (χ2v) is 4.67. The van der Waals surface area contributed by atoms with Crippen molar-refractivity contribution in [3.8, 4) is 0 Å². The third-order valence-corrected chi connectivity index (χ3v) is 2.79. The summed E-state index contributed by atoms with van der Waals surface area (Å²) in [6, 6.07) is 0. The summed E-state index contributed by atoms with van der Waals surface area (Å²) in [7, 11) is 0. The molecule has 2 aromatic rings. The van der Waals surface area contributed by atoms with Crippen LogP contribution in [0.1, 0.15) is 27.2 Å². The van der Waals surface area contributed by atoms with Crippen LogP contribution in [0.5, 0.6) is 0 Å². The molecule has 0 aliphatic rings. The van der Waals surface area contributed by atoms with Crippen LogP contribution in [0.15, 0.2) is 6.20 Å². The Morgan fingerprint density at radius 2 is 2.19 bits per heavy atom. The van der Waals surface area contributed by atoms with E-state index < -0.39 is 0 Å². The standard InChI is InChI=1S/C10H14ClN5/c1-4-10(2,3)15-7-6-5-12-16-8(6)14-9(11)13-7/h5H,4H2,1-3H3,(H2,12,13,14,15,16). The van der Waals surface area contributed by atoms with Gasteiger partial charge in [-0.2, -0.15) is 15.1 Å². The van der Waals surface area contributed by atoms with Gasteiger partial charge in [-0.05, 0) is 31.9 Å². The summed E-state index contributed by atoms with van der Waals surface area (Å²) in [5.41, 5.74) is 0.608. The summed E-state index contributed by atoms with van der Waals surface area (Å²) in [6.45, 7) is 6.33. The fourth-order valence-corrected chi connectivity index (χ4v) is 1.48. The number of halogens is 1. The van der Waals surface area contributed by atoms with E-state index in [1.807, 2.05) is 0 Å². The second kappa shape index (κ2) is 3.90. The van der Waals surface area contributed by atoms with Gasteiger partial charge in [0.25, 0.3) is 0 Å². The van der Waals surface area contributed by atoms with Gasteiger partial charge in [0, 0.05) is 5.54 Å². The molecule has 0 fully saturated rings. The molecule has 6 heteroatoms. The molecule has 0 bridgehead atoms. The number of rotatable bonds is 3. The van der Waals surface area contributed by atoms with Gasteiger partial charge >= 0.3 is 0 Å². The maximum absolute atomic E-state index is 5.84. The minimum absolute atomic E-state index is 0.0398. The number of anilines is 1. The van der Waals surface area contributed by atoms with Crippen LogP contribution in [0.25, 0.3) is 11.0 Å². The molecule has 0 spiro atoms. The van der Waals surface area contributed by atoms with Crippen molar-refractivity contribution < 1.29 is 0 Å². The third-order valence-electron chi connectivity index (χ3n) is 2.62. The minimum atomic E-state index is -0.0398. The van der Waals surface area contributed by atoms with Gasteiger partial charge in [-0.15, -0.1) is 0 Å². The van der Waals surface area contributed by atoms with Gasteiger partial charge in [0.15, 0.2) is 5.65 Å². The lowest BCUT2D eigenvalue weighted by molar-refractivity contribution is 0.545. The maximum Gasteiger partial charge on any atom is 0.226 e. The van der Waals surface area contributed by atoms with Crippen molar-refractivity contribution in [3.63, 3.8) is 0 Å². The number of aromatic amines is 1. The topological polar surface area (TPSA) is 66.5 Å². The van der Waals surface area contributed by atoms with Crippen molar-refractivity contribution in [2.24, 2.45) is 0 Å². The Balaban J connectivity index is 2.47. The van der Waals surface area contributed by atoms with E-state index in [-0.39, 0.29) is 10.8 Å². The van der Waals surface area contributed by atoms with Gasteiger partial charge in [-0.1, -0.05) is 6.92 Å². The zero-order chi connectivity index (χ0) is 11.8. The van der Waals surface area contributed by atoms with Crippen LogP contribution < -0.4 is 5.32 Å². The molecule has 2 heterocycles. The van der Waals surface area contributed by atoms with Crippen LogP contribution in [0.2, 0.25) is 5.28 Å². The molecule has 0 aliphatic heterocycles. The fourth-order valence-electron chi connectivity index (χ4n) is 1.31. The number of hydrogen-bond donors (Lipinski definition) is 2. The molecule has 0 radical (unpaired) electrons. The van der Waals surface area contributed by atoms with Crippen LogP contribution in [-0.4, -0.2) is 25.7 Å². The summed E-state index contributed by atoms with van der Waals surface area (Å²) in [6.07, 6.45) is 2.67. The van der Waals surface area contributed by atoms with Crippen molar-refractivity contribution in [3.05, 3.63) is 11.5 Å². The monoisotopic (exact) mass is 239 g/mol. The Morgan fingerprint density at radius 3 is 2.88 bits per heavy atom. The summed E-state index contributed by atoms with van der Waals surface area (Å²) < 4.78 is 0. The first kappa shape index (κ1) is 11.1. The van der Waals surface area contributed by atoms with Gasteiger partial charge < -0.3 is 5.32 Å². The molecule has 86 valence electrons. The highest BCUT2D eigenvalue weighted by atomic mass is 35.5. The van der Waals surface area contributed by atoms with E-state index in [0.29, 0.717) is 5.65 Å². The van der Waals surface area contributed by atoms with E-state index in [1.54, 1.807) is 6.20 Å². The van der Waals surface area contributed by atoms with Crippen LogP contribution >= 0.6 is 11.6 Å². The molecule has 0 aliphatic carbocycles. The molecule has 0 aromatic carbocycles. The van der Waals surface area contributed by atoms with E-state index in [2.05, 4.69) is 46.3 Å². The molecule has 2 aromatic heterocycles. The zero-order valence-electron chi connectivity index (χ0n) is 9.50. The van der Waals surface area contributed by atoms with Gasteiger partial charge in [0.1, 0.15) is 5.82 Å². The quantitative estimate of drug-likeness (QED) is 0.808. The van der Waals surface area contributed by atoms with Crippen molar-refractivity contribution in [1.82, 2.24) is 20.2 Å².